The lowest BCUT2D eigenvalue weighted by molar-refractivity contribution is -0.127. The Morgan fingerprint density at radius 3 is 2.74 bits per heavy atom. The van der Waals surface area contributed by atoms with Crippen molar-refractivity contribution in [3.05, 3.63) is 75.5 Å². The maximum absolute atomic E-state index is 12.7. The lowest BCUT2D eigenvalue weighted by Gasteiger charge is -2.13. The van der Waals surface area contributed by atoms with Crippen molar-refractivity contribution in [3.63, 3.8) is 0 Å². The number of hydrogen-bond donors (Lipinski definition) is 2. The number of rotatable bonds is 8. The highest BCUT2D eigenvalue weighted by Gasteiger charge is 2.35. The van der Waals surface area contributed by atoms with E-state index in [4.69, 9.17) is 4.74 Å². The molecule has 1 saturated heterocycles. The normalized spacial score (nSPS) is 14.5. The average molecular weight is 531 g/mol. The quantitative estimate of drug-likeness (QED) is 0.234. The Hall–Kier alpha value is -3.14. The largest absolute Gasteiger partial charge is 0.488 e. The van der Waals surface area contributed by atoms with Crippen LogP contribution in [0.1, 0.15) is 18.1 Å². The van der Waals surface area contributed by atoms with E-state index in [1.807, 2.05) is 31.2 Å². The van der Waals surface area contributed by atoms with E-state index in [2.05, 4.69) is 39.8 Å². The fourth-order valence-corrected chi connectivity index (χ4v) is 3.73. The first kappa shape index (κ1) is 22.5. The fraction of sp³-hybridized carbons (Fsp3) is 0.174. The van der Waals surface area contributed by atoms with Gasteiger partial charge in [-0.05, 0) is 64.4 Å². The summed E-state index contributed by atoms with van der Waals surface area (Å²) >= 11 is 2.13. The van der Waals surface area contributed by atoms with E-state index in [0.29, 0.717) is 18.0 Å². The monoisotopic (exact) mass is 531 g/mol. The van der Waals surface area contributed by atoms with Crippen molar-refractivity contribution in [3.8, 4) is 5.75 Å². The van der Waals surface area contributed by atoms with E-state index in [1.54, 1.807) is 30.4 Å². The molecule has 0 aromatic heterocycles. The van der Waals surface area contributed by atoms with Gasteiger partial charge in [-0.15, -0.1) is 0 Å². The third-order valence-corrected chi connectivity index (χ3v) is 5.40. The molecule has 2 aromatic rings. The number of carbonyl (C=O) groups excluding carboxylic acids is 3. The molecular weight excluding hydrogens is 509 g/mol. The van der Waals surface area contributed by atoms with Crippen LogP contribution < -0.4 is 15.4 Å². The van der Waals surface area contributed by atoms with E-state index in [1.165, 1.54) is 0 Å². The highest BCUT2D eigenvalue weighted by molar-refractivity contribution is 14.1. The fourth-order valence-electron chi connectivity index (χ4n) is 3.04. The third kappa shape index (κ3) is 5.52. The van der Waals surface area contributed by atoms with Crippen LogP contribution >= 0.6 is 22.6 Å². The molecule has 7 nitrogen and oxygen atoms in total. The number of ether oxygens (including phenoxy) is 1. The predicted molar refractivity (Wildman–Crippen MR) is 128 cm³/mol. The third-order valence-electron chi connectivity index (χ3n) is 4.56. The molecule has 0 saturated carbocycles. The van der Waals surface area contributed by atoms with Gasteiger partial charge in [-0.2, -0.15) is 0 Å². The van der Waals surface area contributed by atoms with Gasteiger partial charge in [0.1, 0.15) is 24.6 Å². The van der Waals surface area contributed by atoms with Crippen LogP contribution in [0.3, 0.4) is 0 Å². The minimum Gasteiger partial charge on any atom is -0.488 e. The summed E-state index contributed by atoms with van der Waals surface area (Å²) in [4.78, 5) is 38.3. The Kier molecular flexibility index (Phi) is 7.45. The Balaban J connectivity index is 1.69. The molecule has 8 heteroatoms. The molecule has 1 aliphatic heterocycles. The lowest BCUT2D eigenvalue weighted by Crippen LogP contribution is -2.38. The summed E-state index contributed by atoms with van der Waals surface area (Å²) < 4.78 is 6.40. The van der Waals surface area contributed by atoms with Gasteiger partial charge in [0.05, 0.1) is 3.57 Å². The topological polar surface area (TPSA) is 87.7 Å². The average Bonchev–Trinajstić information content (AvgIpc) is 3.01. The Bertz CT molecular complexity index is 1060. The molecule has 0 atom stereocenters. The number of para-hydroxylation sites is 1. The summed E-state index contributed by atoms with van der Waals surface area (Å²) in [6, 6.07) is 12.2. The molecule has 3 rings (SSSR count). The number of nitrogens with zero attached hydrogens (tertiary/aromatic N) is 1. The van der Waals surface area contributed by atoms with E-state index in [0.717, 1.165) is 26.0 Å². The van der Waals surface area contributed by atoms with E-state index in [-0.39, 0.29) is 12.2 Å². The first-order valence-corrected chi connectivity index (χ1v) is 10.8. The van der Waals surface area contributed by atoms with Crippen molar-refractivity contribution in [2.45, 2.75) is 13.3 Å². The molecule has 1 heterocycles. The Morgan fingerprint density at radius 2 is 2.03 bits per heavy atom. The lowest BCUT2D eigenvalue weighted by atomic mass is 10.1. The van der Waals surface area contributed by atoms with Crippen LogP contribution in [0.4, 0.5) is 10.5 Å². The molecule has 0 radical (unpaired) electrons. The standard InChI is InChI=1S/C23H22IN3O4/c1-3-11-31-20-10-9-15(12-17(20)24)13-19-22(29)27(23(30)26-19)14-21(28)25-18-8-6-5-7-16(18)4-2/h3,5-10,12-13H,1,4,11,14H2,2H3,(H,25,28)(H,26,30)/b19-13+. The summed E-state index contributed by atoms with van der Waals surface area (Å²) in [6.07, 6.45) is 3.98. The zero-order valence-corrected chi connectivity index (χ0v) is 19.1. The number of hydrogen-bond acceptors (Lipinski definition) is 4. The van der Waals surface area contributed by atoms with Crippen LogP contribution in [0.15, 0.2) is 60.8 Å². The number of benzene rings is 2. The first-order valence-electron chi connectivity index (χ1n) is 9.68. The SMILES string of the molecule is C=CCOc1ccc(/C=C2/NC(=O)N(CC(=O)Nc3ccccc3CC)C2=O)cc1I. The zero-order valence-electron chi connectivity index (χ0n) is 17.0. The summed E-state index contributed by atoms with van der Waals surface area (Å²) in [5.41, 5.74) is 2.49. The van der Waals surface area contributed by atoms with E-state index in [9.17, 15) is 14.4 Å². The van der Waals surface area contributed by atoms with Crippen molar-refractivity contribution in [1.29, 1.82) is 0 Å². The van der Waals surface area contributed by atoms with Crippen LogP contribution in [0, 0.1) is 3.57 Å². The van der Waals surface area contributed by atoms with Gasteiger partial charge in [-0.25, -0.2) is 9.69 Å². The number of nitrogens with one attached hydrogen (secondary N) is 2. The van der Waals surface area contributed by atoms with Crippen molar-refractivity contribution >= 4 is 52.2 Å². The van der Waals surface area contributed by atoms with Gasteiger partial charge in [0.25, 0.3) is 5.91 Å². The van der Waals surface area contributed by atoms with Crippen LogP contribution in [-0.2, 0) is 16.0 Å². The Morgan fingerprint density at radius 1 is 1.26 bits per heavy atom. The van der Waals surface area contributed by atoms with Crippen LogP contribution in [0.2, 0.25) is 0 Å². The van der Waals surface area contributed by atoms with Gasteiger partial charge in [0.15, 0.2) is 0 Å². The molecule has 1 aliphatic rings. The van der Waals surface area contributed by atoms with Crippen LogP contribution in [-0.4, -0.2) is 35.9 Å². The second-order valence-electron chi connectivity index (χ2n) is 6.73. The molecule has 160 valence electrons. The van der Waals surface area contributed by atoms with Crippen molar-refractivity contribution in [1.82, 2.24) is 10.2 Å². The van der Waals surface area contributed by atoms with Gasteiger partial charge in [0, 0.05) is 5.69 Å². The zero-order chi connectivity index (χ0) is 22.4. The summed E-state index contributed by atoms with van der Waals surface area (Å²) in [6.45, 7) is 5.63. The second kappa shape index (κ2) is 10.3. The van der Waals surface area contributed by atoms with Crippen molar-refractivity contribution < 1.29 is 19.1 Å². The molecule has 2 aromatic carbocycles. The minimum atomic E-state index is -0.629. The van der Waals surface area contributed by atoms with Gasteiger partial charge in [0.2, 0.25) is 5.91 Å². The summed E-state index contributed by atoms with van der Waals surface area (Å²) in [7, 11) is 0. The highest BCUT2D eigenvalue weighted by atomic mass is 127. The number of carbonyl (C=O) groups is 3. The number of urea groups is 1. The first-order chi connectivity index (χ1) is 14.9. The molecule has 1 fully saturated rings. The molecule has 0 aliphatic carbocycles. The van der Waals surface area contributed by atoms with E-state index < -0.39 is 17.8 Å². The van der Waals surface area contributed by atoms with Crippen LogP contribution in [0.25, 0.3) is 6.08 Å². The molecule has 2 N–H and O–H groups in total. The van der Waals surface area contributed by atoms with Crippen LogP contribution in [0.5, 0.6) is 5.75 Å². The van der Waals surface area contributed by atoms with Gasteiger partial charge < -0.3 is 15.4 Å². The van der Waals surface area contributed by atoms with Crippen molar-refractivity contribution in [2.75, 3.05) is 18.5 Å². The molecule has 31 heavy (non-hydrogen) atoms. The minimum absolute atomic E-state index is 0.113. The maximum Gasteiger partial charge on any atom is 0.329 e. The van der Waals surface area contributed by atoms with Crippen molar-refractivity contribution in [2.24, 2.45) is 0 Å². The van der Waals surface area contributed by atoms with Gasteiger partial charge in [-0.1, -0.05) is 43.8 Å². The van der Waals surface area contributed by atoms with Gasteiger partial charge >= 0.3 is 6.03 Å². The summed E-state index contributed by atoms with van der Waals surface area (Å²) in [5, 5.41) is 5.30. The number of halogens is 1. The number of amides is 4. The smallest absolute Gasteiger partial charge is 0.329 e. The summed E-state index contributed by atoms with van der Waals surface area (Å²) in [5.74, 6) is -0.287. The Labute approximate surface area is 194 Å². The maximum atomic E-state index is 12.7. The number of imide groups is 1. The molecule has 4 amide bonds. The molecule has 0 spiro atoms. The second-order valence-corrected chi connectivity index (χ2v) is 7.89. The number of anilines is 1. The molecular formula is C23H22IN3O4. The molecule has 0 unspecified atom stereocenters. The highest BCUT2D eigenvalue weighted by Crippen LogP contribution is 2.24. The molecule has 0 bridgehead atoms. The number of aryl methyl sites for hydroxylation is 1. The van der Waals surface area contributed by atoms with E-state index >= 15 is 0 Å². The van der Waals surface area contributed by atoms with Gasteiger partial charge in [-0.3, -0.25) is 9.59 Å². The predicted octanol–water partition coefficient (Wildman–Crippen LogP) is 3.95.